The summed E-state index contributed by atoms with van der Waals surface area (Å²) >= 11 is 0. The first-order valence-electron chi connectivity index (χ1n) is 7.13. The number of nitrogens with one attached hydrogen (secondary N) is 1. The molecule has 1 aliphatic carbocycles. The molecule has 2 atom stereocenters. The summed E-state index contributed by atoms with van der Waals surface area (Å²) in [5.41, 5.74) is 0.534. The molecule has 1 saturated carbocycles. The van der Waals surface area contributed by atoms with Gasteiger partial charge in [0.25, 0.3) is 0 Å². The van der Waals surface area contributed by atoms with Gasteiger partial charge in [-0.3, -0.25) is 0 Å². The van der Waals surface area contributed by atoms with Crippen LogP contribution in [-0.4, -0.2) is 36.6 Å². The number of hydrogen-bond donors (Lipinski definition) is 1. The van der Waals surface area contributed by atoms with Crippen LogP contribution in [0.2, 0.25) is 0 Å². The lowest BCUT2D eigenvalue weighted by molar-refractivity contribution is 0.0592. The highest BCUT2D eigenvalue weighted by Gasteiger charge is 2.40. The first-order valence-corrected chi connectivity index (χ1v) is 7.13. The Bertz CT molecular complexity index is 253. The second-order valence-corrected chi connectivity index (χ2v) is 6.84. The molecular weight excluding hydrogens is 196 g/mol. The van der Waals surface area contributed by atoms with E-state index >= 15 is 0 Å². The lowest BCUT2D eigenvalue weighted by Gasteiger charge is -2.47. The number of rotatable bonds is 2. The fourth-order valence-corrected chi connectivity index (χ4v) is 4.05. The minimum atomic E-state index is 0.534. The van der Waals surface area contributed by atoms with Crippen molar-refractivity contribution in [3.05, 3.63) is 0 Å². The number of piperidine rings is 3. The standard InChI is InChI=1S/C14H26N2/c1-14(2)7-3-4-13(14)15-12-10-16-8-5-11(12)6-9-16/h11-13,15H,3-10H2,1-2H3. The lowest BCUT2D eigenvalue weighted by atomic mass is 9.81. The fourth-order valence-electron chi connectivity index (χ4n) is 4.05. The normalized spacial score (nSPS) is 46.1. The van der Waals surface area contributed by atoms with Crippen molar-refractivity contribution in [2.24, 2.45) is 11.3 Å². The van der Waals surface area contributed by atoms with Crippen LogP contribution >= 0.6 is 0 Å². The van der Waals surface area contributed by atoms with Gasteiger partial charge in [0.05, 0.1) is 0 Å². The summed E-state index contributed by atoms with van der Waals surface area (Å²) in [4.78, 5) is 2.65. The van der Waals surface area contributed by atoms with Crippen LogP contribution in [0, 0.1) is 11.3 Å². The fraction of sp³-hybridized carbons (Fsp3) is 1.00. The average molecular weight is 222 g/mol. The second kappa shape index (κ2) is 3.99. The van der Waals surface area contributed by atoms with Crippen LogP contribution in [0.1, 0.15) is 46.0 Å². The van der Waals surface area contributed by atoms with E-state index in [2.05, 4.69) is 24.1 Å². The van der Waals surface area contributed by atoms with E-state index in [4.69, 9.17) is 0 Å². The third-order valence-corrected chi connectivity index (χ3v) is 5.33. The highest BCUT2D eigenvalue weighted by molar-refractivity contribution is 4.97. The van der Waals surface area contributed by atoms with E-state index in [-0.39, 0.29) is 0 Å². The van der Waals surface area contributed by atoms with Crippen molar-refractivity contribution < 1.29 is 0 Å². The molecule has 0 amide bonds. The zero-order chi connectivity index (χ0) is 11.2. The summed E-state index contributed by atoms with van der Waals surface area (Å²) in [5, 5.41) is 4.00. The molecule has 2 bridgehead atoms. The first-order chi connectivity index (χ1) is 7.65. The largest absolute Gasteiger partial charge is 0.309 e. The minimum Gasteiger partial charge on any atom is -0.309 e. The Morgan fingerprint density at radius 3 is 2.38 bits per heavy atom. The van der Waals surface area contributed by atoms with E-state index < -0.39 is 0 Å². The van der Waals surface area contributed by atoms with Crippen molar-refractivity contribution >= 4 is 0 Å². The molecular formula is C14H26N2. The average Bonchev–Trinajstić information content (AvgIpc) is 2.60. The maximum Gasteiger partial charge on any atom is 0.0227 e. The van der Waals surface area contributed by atoms with Crippen molar-refractivity contribution in [1.82, 2.24) is 10.2 Å². The lowest BCUT2D eigenvalue weighted by Crippen LogP contribution is -2.59. The number of nitrogens with zero attached hydrogens (tertiary/aromatic N) is 1. The zero-order valence-corrected chi connectivity index (χ0v) is 10.8. The zero-order valence-electron chi connectivity index (χ0n) is 10.8. The van der Waals surface area contributed by atoms with Gasteiger partial charge in [-0.2, -0.15) is 0 Å². The van der Waals surface area contributed by atoms with Crippen molar-refractivity contribution in [2.45, 2.75) is 58.0 Å². The summed E-state index contributed by atoms with van der Waals surface area (Å²) < 4.78 is 0. The van der Waals surface area contributed by atoms with Crippen LogP contribution in [0.4, 0.5) is 0 Å². The molecule has 3 heterocycles. The van der Waals surface area contributed by atoms with Crippen molar-refractivity contribution in [2.75, 3.05) is 19.6 Å². The van der Waals surface area contributed by atoms with Crippen LogP contribution < -0.4 is 5.32 Å². The van der Waals surface area contributed by atoms with Gasteiger partial charge in [-0.15, -0.1) is 0 Å². The molecule has 1 N–H and O–H groups in total. The van der Waals surface area contributed by atoms with Crippen LogP contribution in [0.15, 0.2) is 0 Å². The Morgan fingerprint density at radius 1 is 1.12 bits per heavy atom. The maximum absolute atomic E-state index is 4.00. The molecule has 4 aliphatic rings. The summed E-state index contributed by atoms with van der Waals surface area (Å²) in [6.07, 6.45) is 7.10. The third-order valence-electron chi connectivity index (χ3n) is 5.33. The summed E-state index contributed by atoms with van der Waals surface area (Å²) in [7, 11) is 0. The van der Waals surface area contributed by atoms with Gasteiger partial charge in [-0.1, -0.05) is 20.3 Å². The first kappa shape index (κ1) is 11.0. The van der Waals surface area contributed by atoms with Gasteiger partial charge in [0.2, 0.25) is 0 Å². The molecule has 0 radical (unpaired) electrons. The Morgan fingerprint density at radius 2 is 1.88 bits per heavy atom. The van der Waals surface area contributed by atoms with Crippen LogP contribution in [0.5, 0.6) is 0 Å². The molecule has 2 unspecified atom stereocenters. The van der Waals surface area contributed by atoms with E-state index in [1.807, 2.05) is 0 Å². The van der Waals surface area contributed by atoms with Crippen molar-refractivity contribution in [3.8, 4) is 0 Å². The molecule has 4 fully saturated rings. The summed E-state index contributed by atoms with van der Waals surface area (Å²) in [6, 6.07) is 1.57. The maximum atomic E-state index is 4.00. The van der Waals surface area contributed by atoms with E-state index in [1.54, 1.807) is 0 Å². The SMILES string of the molecule is CC1(C)CCCC1NC1CN2CCC1CC2. The quantitative estimate of drug-likeness (QED) is 0.771. The summed E-state index contributed by atoms with van der Waals surface area (Å²) in [5.74, 6) is 0.974. The molecule has 2 heteroatoms. The Balaban J connectivity index is 1.62. The molecule has 3 aliphatic heterocycles. The molecule has 2 nitrogen and oxygen atoms in total. The molecule has 92 valence electrons. The van der Waals surface area contributed by atoms with Gasteiger partial charge in [-0.05, 0) is 50.1 Å². The van der Waals surface area contributed by atoms with E-state index in [0.717, 1.165) is 18.0 Å². The van der Waals surface area contributed by atoms with Gasteiger partial charge in [-0.25, -0.2) is 0 Å². The monoisotopic (exact) mass is 222 g/mol. The molecule has 0 aromatic rings. The Hall–Kier alpha value is -0.0800. The van der Waals surface area contributed by atoms with Crippen molar-refractivity contribution in [1.29, 1.82) is 0 Å². The predicted octanol–water partition coefficient (Wildman–Crippen LogP) is 2.25. The molecule has 0 aromatic carbocycles. The van der Waals surface area contributed by atoms with Gasteiger partial charge in [0.1, 0.15) is 0 Å². The topological polar surface area (TPSA) is 15.3 Å². The van der Waals surface area contributed by atoms with Crippen molar-refractivity contribution in [3.63, 3.8) is 0 Å². The molecule has 0 spiro atoms. The van der Waals surface area contributed by atoms with Crippen LogP contribution in [0.3, 0.4) is 0 Å². The van der Waals surface area contributed by atoms with Gasteiger partial charge >= 0.3 is 0 Å². The Kier molecular flexibility index (Phi) is 2.75. The minimum absolute atomic E-state index is 0.534. The predicted molar refractivity (Wildman–Crippen MR) is 67.5 cm³/mol. The number of fused-ring (bicyclic) bond motifs is 3. The van der Waals surface area contributed by atoms with E-state index in [1.165, 1.54) is 51.7 Å². The second-order valence-electron chi connectivity index (χ2n) is 6.84. The smallest absolute Gasteiger partial charge is 0.0227 e. The van der Waals surface area contributed by atoms with Crippen LogP contribution in [0.25, 0.3) is 0 Å². The summed E-state index contributed by atoms with van der Waals surface area (Å²) in [6.45, 7) is 8.92. The molecule has 4 rings (SSSR count). The van der Waals surface area contributed by atoms with Gasteiger partial charge < -0.3 is 10.2 Å². The van der Waals surface area contributed by atoms with Gasteiger partial charge in [0.15, 0.2) is 0 Å². The molecule has 0 aromatic heterocycles. The van der Waals surface area contributed by atoms with E-state index in [9.17, 15) is 0 Å². The highest BCUT2D eigenvalue weighted by Crippen LogP contribution is 2.38. The van der Waals surface area contributed by atoms with E-state index in [0.29, 0.717) is 5.41 Å². The third kappa shape index (κ3) is 1.91. The van der Waals surface area contributed by atoms with Gasteiger partial charge in [0, 0.05) is 18.6 Å². The molecule has 3 saturated heterocycles. The van der Waals surface area contributed by atoms with Crippen LogP contribution in [-0.2, 0) is 0 Å². The number of hydrogen-bond acceptors (Lipinski definition) is 2. The Labute approximate surface area is 99.8 Å². The molecule has 16 heavy (non-hydrogen) atoms. The highest BCUT2D eigenvalue weighted by atomic mass is 15.2.